The van der Waals surface area contributed by atoms with E-state index < -0.39 is 11.7 Å². The highest BCUT2D eigenvalue weighted by molar-refractivity contribution is 6.00. The SMILES string of the molecule is CCCC(=O)O[C@H]1C(=O)C=C2C(=CC=C3[C@@]2(C)CC[C@@]2(C)[C@@H]4C[C@](C)(C(=O)NC)CC[C@]4(C)CC[C@]32C)[C@]1(C)OC. The van der Waals surface area contributed by atoms with Gasteiger partial charge in [0.2, 0.25) is 5.91 Å². The molecule has 0 radical (unpaired) electrons. The van der Waals surface area contributed by atoms with Crippen molar-refractivity contribution in [1.82, 2.24) is 5.32 Å². The van der Waals surface area contributed by atoms with Crippen molar-refractivity contribution in [1.29, 1.82) is 0 Å². The highest BCUT2D eigenvalue weighted by atomic mass is 16.6. The third-order valence-corrected chi connectivity index (χ3v) is 13.1. The third kappa shape index (κ3) is 4.02. The summed E-state index contributed by atoms with van der Waals surface area (Å²) >= 11 is 0. The maximum absolute atomic E-state index is 13.7. The Hall–Kier alpha value is -2.21. The largest absolute Gasteiger partial charge is 0.450 e. The number of hydrogen-bond donors (Lipinski definition) is 1. The molecule has 6 heteroatoms. The van der Waals surface area contributed by atoms with Crippen molar-refractivity contribution in [2.45, 2.75) is 118 Å². The normalized spacial score (nSPS) is 45.1. The van der Waals surface area contributed by atoms with Gasteiger partial charge in [0.1, 0.15) is 5.60 Å². The molecule has 0 aliphatic heterocycles. The van der Waals surface area contributed by atoms with Gasteiger partial charge < -0.3 is 14.8 Å². The Kier molecular flexibility index (Phi) is 7.12. The van der Waals surface area contributed by atoms with Crippen molar-refractivity contribution in [2.24, 2.45) is 33.0 Å². The van der Waals surface area contributed by atoms with Crippen LogP contribution in [-0.4, -0.2) is 43.5 Å². The van der Waals surface area contributed by atoms with E-state index in [-0.39, 0.29) is 51.2 Å². The molecule has 0 aromatic carbocycles. The van der Waals surface area contributed by atoms with E-state index in [1.807, 2.05) is 13.8 Å². The Balaban J connectivity index is 1.59. The first kappa shape index (κ1) is 30.3. The number of ketones is 1. The number of fused-ring (bicyclic) bond motifs is 7. The van der Waals surface area contributed by atoms with Crippen molar-refractivity contribution in [2.75, 3.05) is 14.2 Å². The average Bonchev–Trinajstić information content (AvgIpc) is 2.93. The molecule has 0 aromatic heterocycles. The number of ether oxygens (including phenoxy) is 2. The average molecular weight is 566 g/mol. The van der Waals surface area contributed by atoms with Crippen LogP contribution >= 0.6 is 0 Å². The molecule has 3 saturated carbocycles. The van der Waals surface area contributed by atoms with Crippen LogP contribution in [0, 0.1) is 33.0 Å². The van der Waals surface area contributed by atoms with Crippen LogP contribution in [0.4, 0.5) is 0 Å². The minimum Gasteiger partial charge on any atom is -0.450 e. The molecule has 5 aliphatic carbocycles. The molecular formula is C35H51NO5. The van der Waals surface area contributed by atoms with Gasteiger partial charge in [0.25, 0.3) is 0 Å². The third-order valence-electron chi connectivity index (χ3n) is 13.1. The summed E-state index contributed by atoms with van der Waals surface area (Å²) in [5.74, 6) is 0.0256. The van der Waals surface area contributed by atoms with Gasteiger partial charge in [-0.15, -0.1) is 0 Å². The van der Waals surface area contributed by atoms with E-state index in [2.05, 4.69) is 52.1 Å². The van der Waals surface area contributed by atoms with Crippen molar-refractivity contribution < 1.29 is 23.9 Å². The van der Waals surface area contributed by atoms with Crippen molar-refractivity contribution in [3.8, 4) is 0 Å². The van der Waals surface area contributed by atoms with E-state index in [1.165, 1.54) is 5.57 Å². The topological polar surface area (TPSA) is 81.7 Å². The summed E-state index contributed by atoms with van der Waals surface area (Å²) in [6.45, 7) is 15.7. The second-order valence-electron chi connectivity index (χ2n) is 15.2. The number of methoxy groups -OCH3 is 1. The van der Waals surface area contributed by atoms with Gasteiger partial charge in [-0.1, -0.05) is 59.3 Å². The maximum atomic E-state index is 13.7. The van der Waals surface area contributed by atoms with Gasteiger partial charge in [0.15, 0.2) is 11.9 Å². The van der Waals surface area contributed by atoms with Gasteiger partial charge >= 0.3 is 5.97 Å². The summed E-state index contributed by atoms with van der Waals surface area (Å²) in [4.78, 5) is 39.3. The predicted octanol–water partition coefficient (Wildman–Crippen LogP) is 6.64. The summed E-state index contributed by atoms with van der Waals surface area (Å²) in [6.07, 6.45) is 13.3. The molecule has 0 spiro atoms. The number of rotatable bonds is 5. The van der Waals surface area contributed by atoms with Gasteiger partial charge in [0, 0.05) is 31.4 Å². The van der Waals surface area contributed by atoms with E-state index in [4.69, 9.17) is 9.47 Å². The minimum absolute atomic E-state index is 0.0222. The fourth-order valence-corrected chi connectivity index (χ4v) is 9.97. The number of esters is 1. The molecule has 3 fully saturated rings. The molecule has 6 nitrogen and oxygen atoms in total. The highest BCUT2D eigenvalue weighted by Crippen LogP contribution is 2.75. The molecule has 0 saturated heterocycles. The van der Waals surface area contributed by atoms with Gasteiger partial charge in [-0.2, -0.15) is 0 Å². The standard InChI is InChI=1S/C35H51NO5/c1-10-11-27(38)41-28-24(37)20-23-22(35(28,7)40-9)12-13-25-32(23,4)17-19-34(6)26-21-31(3,29(39)36-8)15-14-30(26,2)16-18-33(25,34)5/h12-13,20,26,28H,10-11,14-19,21H2,1-9H3,(H,36,39)/t26-,28+,30-,31-,32+,33-,34+,35+/m1/s1. The van der Waals surface area contributed by atoms with Crippen molar-refractivity contribution in [3.05, 3.63) is 34.9 Å². The monoisotopic (exact) mass is 565 g/mol. The molecule has 41 heavy (non-hydrogen) atoms. The van der Waals surface area contributed by atoms with Gasteiger partial charge in [-0.05, 0) is 97.7 Å². The van der Waals surface area contributed by atoms with Crippen LogP contribution in [0.3, 0.4) is 0 Å². The summed E-state index contributed by atoms with van der Waals surface area (Å²) in [5, 5.41) is 2.96. The highest BCUT2D eigenvalue weighted by Gasteiger charge is 2.68. The molecule has 1 amide bonds. The Labute approximate surface area is 246 Å². The molecule has 0 aromatic rings. The summed E-state index contributed by atoms with van der Waals surface area (Å²) in [5.41, 5.74) is 1.80. The van der Waals surface area contributed by atoms with Crippen LogP contribution in [0.5, 0.6) is 0 Å². The lowest BCUT2D eigenvalue weighted by atomic mass is 9.34. The molecule has 8 atom stereocenters. The first-order chi connectivity index (χ1) is 19.1. The van der Waals surface area contributed by atoms with E-state index in [0.29, 0.717) is 12.3 Å². The smallest absolute Gasteiger partial charge is 0.306 e. The number of amides is 1. The lowest BCUT2D eigenvalue weighted by Gasteiger charge is -2.70. The van der Waals surface area contributed by atoms with Crippen LogP contribution in [0.1, 0.15) is 106 Å². The Morgan fingerprint density at radius 2 is 1.63 bits per heavy atom. The Bertz CT molecular complexity index is 1260. The number of hydrogen-bond acceptors (Lipinski definition) is 5. The minimum atomic E-state index is -1.05. The van der Waals surface area contributed by atoms with Gasteiger partial charge in [-0.25, -0.2) is 0 Å². The lowest BCUT2D eigenvalue weighted by molar-refractivity contribution is -0.172. The molecular weight excluding hydrogens is 514 g/mol. The quantitative estimate of drug-likeness (QED) is 0.378. The van der Waals surface area contributed by atoms with Crippen LogP contribution in [-0.2, 0) is 23.9 Å². The Morgan fingerprint density at radius 1 is 0.951 bits per heavy atom. The van der Waals surface area contributed by atoms with Gasteiger partial charge in [0.05, 0.1) is 0 Å². The summed E-state index contributed by atoms with van der Waals surface area (Å²) in [7, 11) is 3.37. The predicted molar refractivity (Wildman–Crippen MR) is 160 cm³/mol. The molecule has 1 N–H and O–H groups in total. The summed E-state index contributed by atoms with van der Waals surface area (Å²) in [6, 6.07) is 0. The Morgan fingerprint density at radius 3 is 2.27 bits per heavy atom. The van der Waals surface area contributed by atoms with E-state index in [9.17, 15) is 14.4 Å². The van der Waals surface area contributed by atoms with Crippen LogP contribution < -0.4 is 5.32 Å². The fraction of sp³-hybridized carbons (Fsp3) is 0.743. The number of allylic oxidation sites excluding steroid dienone is 3. The van der Waals surface area contributed by atoms with Gasteiger partial charge in [-0.3, -0.25) is 14.4 Å². The second kappa shape index (κ2) is 9.65. The number of carbonyl (C=O) groups is 3. The molecule has 0 heterocycles. The molecule has 5 aliphatic rings. The number of nitrogens with one attached hydrogen (secondary N) is 1. The number of carbonyl (C=O) groups excluding carboxylic acids is 3. The van der Waals surface area contributed by atoms with Crippen molar-refractivity contribution >= 4 is 17.7 Å². The van der Waals surface area contributed by atoms with Crippen molar-refractivity contribution in [3.63, 3.8) is 0 Å². The molecule has 0 unspecified atom stereocenters. The molecule has 0 bridgehead atoms. The van der Waals surface area contributed by atoms with E-state index in [0.717, 1.165) is 56.1 Å². The van der Waals surface area contributed by atoms with E-state index in [1.54, 1.807) is 20.2 Å². The van der Waals surface area contributed by atoms with Crippen LogP contribution in [0.2, 0.25) is 0 Å². The lowest BCUT2D eigenvalue weighted by Crippen LogP contribution is -2.63. The zero-order chi connectivity index (χ0) is 30.2. The summed E-state index contributed by atoms with van der Waals surface area (Å²) < 4.78 is 11.8. The molecule has 5 rings (SSSR count). The second-order valence-corrected chi connectivity index (χ2v) is 15.2. The van der Waals surface area contributed by atoms with Crippen LogP contribution in [0.15, 0.2) is 34.9 Å². The van der Waals surface area contributed by atoms with E-state index >= 15 is 0 Å². The van der Waals surface area contributed by atoms with Crippen LogP contribution in [0.25, 0.3) is 0 Å². The molecule has 226 valence electrons. The maximum Gasteiger partial charge on any atom is 0.306 e. The zero-order valence-corrected chi connectivity index (χ0v) is 26.8. The first-order valence-corrected chi connectivity index (χ1v) is 15.8. The fourth-order valence-electron chi connectivity index (χ4n) is 9.97. The first-order valence-electron chi connectivity index (χ1n) is 15.8. The zero-order valence-electron chi connectivity index (χ0n) is 26.8.